The van der Waals surface area contributed by atoms with E-state index in [9.17, 15) is 18.7 Å². The van der Waals surface area contributed by atoms with E-state index in [1.165, 1.54) is 18.2 Å². The molecule has 2 rings (SSSR count). The lowest BCUT2D eigenvalue weighted by Gasteiger charge is -2.14. The first-order chi connectivity index (χ1) is 11.5. The second-order valence-electron chi connectivity index (χ2n) is 5.23. The number of carbonyl (C=O) groups excluding carboxylic acids is 1. The highest BCUT2D eigenvalue weighted by Crippen LogP contribution is 2.20. The molecule has 0 saturated heterocycles. The van der Waals surface area contributed by atoms with Crippen molar-refractivity contribution >= 4 is 5.91 Å². The summed E-state index contributed by atoms with van der Waals surface area (Å²) in [4.78, 5) is 12.0. The number of carbonyl (C=O) groups is 1. The van der Waals surface area contributed by atoms with Crippen LogP contribution in [0.2, 0.25) is 0 Å². The molecule has 128 valence electrons. The Balaban J connectivity index is 1.94. The van der Waals surface area contributed by atoms with Crippen LogP contribution in [0.5, 0.6) is 5.75 Å². The van der Waals surface area contributed by atoms with Crippen LogP contribution in [-0.2, 0) is 6.42 Å². The summed E-state index contributed by atoms with van der Waals surface area (Å²) in [5, 5.41) is 12.7. The fraction of sp³-hybridized carbons (Fsp3) is 0.278. The second kappa shape index (κ2) is 8.40. The molecule has 0 radical (unpaired) electrons. The number of benzene rings is 2. The van der Waals surface area contributed by atoms with Crippen LogP contribution in [0, 0.1) is 0 Å². The Hall–Kier alpha value is -2.47. The van der Waals surface area contributed by atoms with E-state index >= 15 is 0 Å². The molecule has 2 aromatic rings. The van der Waals surface area contributed by atoms with Gasteiger partial charge in [0.15, 0.2) is 0 Å². The standard InChI is InChI=1S/C18H19F2NO3/c1-2-12-6-8-13(9-7-12)17(23)21-11-16(22)14-4-3-5-15(10-14)24-18(19)20/h3-10,16,18,22H,2,11H2,1H3,(H,21,23). The van der Waals surface area contributed by atoms with Crippen molar-refractivity contribution in [3.63, 3.8) is 0 Å². The van der Waals surface area contributed by atoms with Gasteiger partial charge in [-0.05, 0) is 41.8 Å². The minimum atomic E-state index is -2.93. The molecule has 6 heteroatoms. The van der Waals surface area contributed by atoms with Crippen molar-refractivity contribution in [2.45, 2.75) is 26.1 Å². The Morgan fingerprint density at radius 2 is 1.92 bits per heavy atom. The third-order valence-corrected chi connectivity index (χ3v) is 3.55. The van der Waals surface area contributed by atoms with Gasteiger partial charge in [0.2, 0.25) is 0 Å². The molecule has 0 bridgehead atoms. The number of amides is 1. The number of ether oxygens (including phenoxy) is 1. The highest BCUT2D eigenvalue weighted by atomic mass is 19.3. The molecule has 0 aliphatic heterocycles. The van der Waals surface area contributed by atoms with Gasteiger partial charge in [0, 0.05) is 12.1 Å². The van der Waals surface area contributed by atoms with Crippen LogP contribution in [0.25, 0.3) is 0 Å². The normalized spacial score (nSPS) is 12.0. The molecule has 0 spiro atoms. The average Bonchev–Trinajstić information content (AvgIpc) is 2.59. The lowest BCUT2D eigenvalue weighted by Crippen LogP contribution is -2.28. The number of aryl methyl sites for hydroxylation is 1. The van der Waals surface area contributed by atoms with Gasteiger partial charge in [-0.3, -0.25) is 4.79 Å². The Morgan fingerprint density at radius 1 is 1.21 bits per heavy atom. The first-order valence-electron chi connectivity index (χ1n) is 7.59. The smallest absolute Gasteiger partial charge is 0.387 e. The summed E-state index contributed by atoms with van der Waals surface area (Å²) in [5.74, 6) is -0.347. The van der Waals surface area contributed by atoms with Gasteiger partial charge in [-0.15, -0.1) is 0 Å². The molecular formula is C18H19F2NO3. The summed E-state index contributed by atoms with van der Waals surface area (Å²) in [6.07, 6.45) is -0.137. The van der Waals surface area contributed by atoms with Crippen molar-refractivity contribution in [3.05, 3.63) is 65.2 Å². The molecule has 0 aliphatic rings. The molecular weight excluding hydrogens is 316 g/mol. The topological polar surface area (TPSA) is 58.6 Å². The number of aliphatic hydroxyl groups excluding tert-OH is 1. The van der Waals surface area contributed by atoms with E-state index in [0.29, 0.717) is 11.1 Å². The highest BCUT2D eigenvalue weighted by Gasteiger charge is 2.13. The maximum absolute atomic E-state index is 12.2. The molecule has 2 N–H and O–H groups in total. The van der Waals surface area contributed by atoms with Gasteiger partial charge >= 0.3 is 6.61 Å². The molecule has 0 fully saturated rings. The van der Waals surface area contributed by atoms with Gasteiger partial charge in [0.25, 0.3) is 5.91 Å². The first-order valence-corrected chi connectivity index (χ1v) is 7.59. The average molecular weight is 335 g/mol. The minimum absolute atomic E-state index is 0.0352. The van der Waals surface area contributed by atoms with E-state index in [2.05, 4.69) is 10.1 Å². The zero-order valence-corrected chi connectivity index (χ0v) is 13.2. The van der Waals surface area contributed by atoms with Gasteiger partial charge in [0.1, 0.15) is 5.75 Å². The summed E-state index contributed by atoms with van der Waals surface area (Å²) in [6.45, 7) is -0.938. The van der Waals surface area contributed by atoms with Gasteiger partial charge < -0.3 is 15.2 Å². The number of hydrogen-bond donors (Lipinski definition) is 2. The number of rotatable bonds is 7. The molecule has 0 heterocycles. The first kappa shape index (κ1) is 17.9. The largest absolute Gasteiger partial charge is 0.435 e. The predicted octanol–water partition coefficient (Wildman–Crippen LogP) is 3.31. The predicted molar refractivity (Wildman–Crippen MR) is 86.2 cm³/mol. The van der Waals surface area contributed by atoms with E-state index in [1.54, 1.807) is 18.2 Å². The summed E-state index contributed by atoms with van der Waals surface area (Å²) < 4.78 is 28.7. The van der Waals surface area contributed by atoms with E-state index in [1.807, 2.05) is 19.1 Å². The number of nitrogens with one attached hydrogen (secondary N) is 1. The van der Waals surface area contributed by atoms with Crippen molar-refractivity contribution in [3.8, 4) is 5.75 Å². The third kappa shape index (κ3) is 5.03. The Morgan fingerprint density at radius 3 is 2.54 bits per heavy atom. The van der Waals surface area contributed by atoms with Gasteiger partial charge in [-0.1, -0.05) is 31.2 Å². The van der Waals surface area contributed by atoms with E-state index in [0.717, 1.165) is 12.0 Å². The van der Waals surface area contributed by atoms with Gasteiger partial charge in [-0.25, -0.2) is 0 Å². The molecule has 2 aromatic carbocycles. The van der Waals surface area contributed by atoms with Crippen molar-refractivity contribution in [1.29, 1.82) is 0 Å². The minimum Gasteiger partial charge on any atom is -0.435 e. The van der Waals surface area contributed by atoms with Crippen molar-refractivity contribution in [2.24, 2.45) is 0 Å². The number of hydrogen-bond acceptors (Lipinski definition) is 3. The monoisotopic (exact) mass is 335 g/mol. The Labute approximate surface area is 139 Å². The van der Waals surface area contributed by atoms with Crippen LogP contribution in [0.1, 0.15) is 34.5 Å². The number of halogens is 2. The SMILES string of the molecule is CCc1ccc(C(=O)NCC(O)c2cccc(OC(F)F)c2)cc1. The summed E-state index contributed by atoms with van der Waals surface area (Å²) >= 11 is 0. The zero-order valence-electron chi connectivity index (χ0n) is 13.2. The Bertz CT molecular complexity index is 674. The fourth-order valence-corrected chi connectivity index (χ4v) is 2.20. The van der Waals surface area contributed by atoms with Crippen LogP contribution < -0.4 is 10.1 Å². The summed E-state index contributed by atoms with van der Waals surface area (Å²) in [5.41, 5.74) is 2.01. The summed E-state index contributed by atoms with van der Waals surface area (Å²) in [6, 6.07) is 12.9. The maximum Gasteiger partial charge on any atom is 0.387 e. The fourth-order valence-electron chi connectivity index (χ4n) is 2.20. The van der Waals surface area contributed by atoms with Crippen LogP contribution >= 0.6 is 0 Å². The van der Waals surface area contributed by atoms with Crippen LogP contribution in [0.4, 0.5) is 8.78 Å². The molecule has 1 atom stereocenters. The lowest BCUT2D eigenvalue weighted by atomic mass is 10.1. The molecule has 0 aromatic heterocycles. The molecule has 1 amide bonds. The molecule has 0 aliphatic carbocycles. The molecule has 1 unspecified atom stereocenters. The van der Waals surface area contributed by atoms with Crippen LogP contribution in [0.15, 0.2) is 48.5 Å². The van der Waals surface area contributed by atoms with Gasteiger partial charge in [0.05, 0.1) is 6.10 Å². The number of alkyl halides is 2. The van der Waals surface area contributed by atoms with Crippen LogP contribution in [-0.4, -0.2) is 24.2 Å². The van der Waals surface area contributed by atoms with Crippen LogP contribution in [0.3, 0.4) is 0 Å². The van der Waals surface area contributed by atoms with Gasteiger partial charge in [-0.2, -0.15) is 8.78 Å². The quantitative estimate of drug-likeness (QED) is 0.816. The van der Waals surface area contributed by atoms with Crippen molar-refractivity contribution < 1.29 is 23.4 Å². The second-order valence-corrected chi connectivity index (χ2v) is 5.23. The van der Waals surface area contributed by atoms with Crippen molar-refractivity contribution in [2.75, 3.05) is 6.54 Å². The van der Waals surface area contributed by atoms with E-state index in [4.69, 9.17) is 0 Å². The van der Waals surface area contributed by atoms with Crippen molar-refractivity contribution in [1.82, 2.24) is 5.32 Å². The summed E-state index contributed by atoms with van der Waals surface area (Å²) in [7, 11) is 0. The maximum atomic E-state index is 12.2. The zero-order chi connectivity index (χ0) is 17.5. The molecule has 4 nitrogen and oxygen atoms in total. The lowest BCUT2D eigenvalue weighted by molar-refractivity contribution is -0.0499. The third-order valence-electron chi connectivity index (χ3n) is 3.55. The van der Waals surface area contributed by atoms with E-state index < -0.39 is 12.7 Å². The van der Waals surface area contributed by atoms with E-state index in [-0.39, 0.29) is 18.2 Å². The molecule has 0 saturated carbocycles. The Kier molecular flexibility index (Phi) is 6.26. The molecule has 24 heavy (non-hydrogen) atoms. The number of aliphatic hydroxyl groups is 1. The highest BCUT2D eigenvalue weighted by molar-refractivity contribution is 5.94.